The van der Waals surface area contributed by atoms with Crippen LogP contribution < -0.4 is 5.73 Å². The van der Waals surface area contributed by atoms with E-state index >= 15 is 0 Å². The third kappa shape index (κ3) is 1.96. The molecule has 2 N–H and O–H groups in total. The lowest BCUT2D eigenvalue weighted by molar-refractivity contribution is 0.175. The van der Waals surface area contributed by atoms with Gasteiger partial charge in [-0.1, -0.05) is 12.5 Å². The first-order valence-corrected chi connectivity index (χ1v) is 5.81. The fourth-order valence-corrected chi connectivity index (χ4v) is 2.47. The Bertz CT molecular complexity index is 411. The highest BCUT2D eigenvalue weighted by molar-refractivity contribution is 5.35. The summed E-state index contributed by atoms with van der Waals surface area (Å²) in [6, 6.07) is 2.83. The highest BCUT2D eigenvalue weighted by Crippen LogP contribution is 2.44. The second kappa shape index (κ2) is 4.70. The maximum absolute atomic E-state index is 14.2. The second-order valence-corrected chi connectivity index (χ2v) is 4.66. The van der Waals surface area contributed by atoms with Crippen molar-refractivity contribution in [1.82, 2.24) is 0 Å². The predicted molar refractivity (Wildman–Crippen MR) is 61.7 cm³/mol. The summed E-state index contributed by atoms with van der Waals surface area (Å²) in [5.74, 6) is -1.04. The van der Waals surface area contributed by atoms with Crippen LogP contribution in [-0.4, -0.2) is 13.7 Å². The lowest BCUT2D eigenvalue weighted by Crippen LogP contribution is -2.42. The van der Waals surface area contributed by atoms with Gasteiger partial charge in [0.05, 0.1) is 6.61 Å². The molecule has 17 heavy (non-hydrogen) atoms. The fraction of sp³-hybridized carbons (Fsp3) is 0.538. The van der Waals surface area contributed by atoms with Crippen LogP contribution in [0.15, 0.2) is 12.1 Å². The molecule has 1 aromatic carbocycles. The molecule has 1 aliphatic carbocycles. The number of nitrogens with two attached hydrogens (primary N) is 1. The number of halogens is 2. The van der Waals surface area contributed by atoms with Gasteiger partial charge in [-0.25, -0.2) is 8.78 Å². The number of hydrogen-bond acceptors (Lipinski definition) is 2. The van der Waals surface area contributed by atoms with Crippen LogP contribution in [0.4, 0.5) is 8.78 Å². The molecule has 1 fully saturated rings. The van der Waals surface area contributed by atoms with Crippen molar-refractivity contribution in [2.45, 2.75) is 31.3 Å². The van der Waals surface area contributed by atoms with Crippen molar-refractivity contribution in [2.75, 3.05) is 13.7 Å². The molecule has 0 atom stereocenters. The Morgan fingerprint density at radius 2 is 2.06 bits per heavy atom. The van der Waals surface area contributed by atoms with E-state index in [0.29, 0.717) is 12.1 Å². The van der Waals surface area contributed by atoms with E-state index in [2.05, 4.69) is 0 Å². The van der Waals surface area contributed by atoms with Crippen molar-refractivity contribution in [3.8, 4) is 0 Å². The van der Waals surface area contributed by atoms with Crippen LogP contribution in [0.2, 0.25) is 0 Å². The number of hydrogen-bond donors (Lipinski definition) is 1. The molecule has 0 amide bonds. The number of methoxy groups -OCH3 is 1. The normalized spacial score (nSPS) is 17.9. The predicted octanol–water partition coefficient (Wildman–Crippen LogP) is 2.49. The first-order valence-electron chi connectivity index (χ1n) is 5.81. The van der Waals surface area contributed by atoms with Gasteiger partial charge in [-0.15, -0.1) is 0 Å². The van der Waals surface area contributed by atoms with Crippen LogP contribution in [-0.2, 0) is 16.8 Å². The molecule has 1 aliphatic rings. The Morgan fingerprint density at radius 3 is 2.53 bits per heavy atom. The monoisotopic (exact) mass is 241 g/mol. The van der Waals surface area contributed by atoms with Crippen molar-refractivity contribution in [2.24, 2.45) is 5.73 Å². The number of ether oxygens (including phenoxy) is 1. The second-order valence-electron chi connectivity index (χ2n) is 4.66. The molecular weight excluding hydrogens is 224 g/mol. The molecule has 4 heteroatoms. The molecule has 0 bridgehead atoms. The summed E-state index contributed by atoms with van der Waals surface area (Å²) < 4.78 is 32.6. The van der Waals surface area contributed by atoms with Crippen LogP contribution >= 0.6 is 0 Å². The summed E-state index contributed by atoms with van der Waals surface area (Å²) in [5, 5.41) is 0. The molecule has 0 aromatic heterocycles. The summed E-state index contributed by atoms with van der Waals surface area (Å²) in [7, 11) is 1.42. The zero-order chi connectivity index (χ0) is 12.5. The summed E-state index contributed by atoms with van der Waals surface area (Å²) in [6.07, 6.45) is 2.80. The van der Waals surface area contributed by atoms with Gasteiger partial charge in [-0.2, -0.15) is 0 Å². The van der Waals surface area contributed by atoms with Gasteiger partial charge < -0.3 is 10.5 Å². The van der Waals surface area contributed by atoms with E-state index in [1.807, 2.05) is 0 Å². The van der Waals surface area contributed by atoms with Gasteiger partial charge >= 0.3 is 0 Å². The van der Waals surface area contributed by atoms with Crippen LogP contribution in [0.25, 0.3) is 0 Å². The Morgan fingerprint density at radius 1 is 1.35 bits per heavy atom. The third-order valence-corrected chi connectivity index (χ3v) is 3.75. The molecular formula is C13H17F2NO. The topological polar surface area (TPSA) is 35.2 Å². The number of rotatable bonds is 4. The Balaban J connectivity index is 2.45. The standard InChI is InChI=1S/C13H17F2NO/c1-17-7-9-11(14)4-3-10(12(9)15)13(8-16)5-2-6-13/h3-4H,2,5-8,16H2,1H3. The minimum absolute atomic E-state index is 0.00438. The molecule has 1 aromatic rings. The lowest BCUT2D eigenvalue weighted by Gasteiger charge is -2.41. The summed E-state index contributed by atoms with van der Waals surface area (Å²) >= 11 is 0. The van der Waals surface area contributed by atoms with Crippen LogP contribution in [0.1, 0.15) is 30.4 Å². The molecule has 0 unspecified atom stereocenters. The zero-order valence-electron chi connectivity index (χ0n) is 9.93. The van der Waals surface area contributed by atoms with Gasteiger partial charge in [0, 0.05) is 24.6 Å². The van der Waals surface area contributed by atoms with Gasteiger partial charge in [0.25, 0.3) is 0 Å². The molecule has 0 spiro atoms. The van der Waals surface area contributed by atoms with Crippen LogP contribution in [0.5, 0.6) is 0 Å². The van der Waals surface area contributed by atoms with Crippen molar-refractivity contribution < 1.29 is 13.5 Å². The van der Waals surface area contributed by atoms with Gasteiger partial charge in [0.1, 0.15) is 11.6 Å². The van der Waals surface area contributed by atoms with E-state index in [9.17, 15) is 8.78 Å². The fourth-order valence-electron chi connectivity index (χ4n) is 2.47. The molecule has 94 valence electrons. The first-order chi connectivity index (χ1) is 8.14. The van der Waals surface area contributed by atoms with E-state index < -0.39 is 11.6 Å². The summed E-state index contributed by atoms with van der Waals surface area (Å²) in [4.78, 5) is 0. The molecule has 2 nitrogen and oxygen atoms in total. The van der Waals surface area contributed by atoms with E-state index in [0.717, 1.165) is 19.3 Å². The Labute approximate surface area is 99.8 Å². The van der Waals surface area contributed by atoms with E-state index in [-0.39, 0.29) is 17.6 Å². The van der Waals surface area contributed by atoms with Gasteiger partial charge in [0.15, 0.2) is 0 Å². The molecule has 0 saturated heterocycles. The Kier molecular flexibility index (Phi) is 3.45. The molecule has 1 saturated carbocycles. The smallest absolute Gasteiger partial charge is 0.135 e. The quantitative estimate of drug-likeness (QED) is 0.879. The zero-order valence-corrected chi connectivity index (χ0v) is 9.93. The summed E-state index contributed by atoms with van der Waals surface area (Å²) in [5.41, 5.74) is 5.99. The van der Waals surface area contributed by atoms with E-state index in [1.165, 1.54) is 19.2 Å². The molecule has 0 aliphatic heterocycles. The van der Waals surface area contributed by atoms with Crippen LogP contribution in [0, 0.1) is 11.6 Å². The largest absolute Gasteiger partial charge is 0.380 e. The van der Waals surface area contributed by atoms with Crippen molar-refractivity contribution in [3.05, 3.63) is 34.9 Å². The third-order valence-electron chi connectivity index (χ3n) is 3.75. The average molecular weight is 241 g/mol. The van der Waals surface area contributed by atoms with Crippen LogP contribution in [0.3, 0.4) is 0 Å². The van der Waals surface area contributed by atoms with E-state index in [4.69, 9.17) is 10.5 Å². The van der Waals surface area contributed by atoms with Gasteiger partial charge in [-0.05, 0) is 24.5 Å². The number of benzene rings is 1. The highest BCUT2D eigenvalue weighted by atomic mass is 19.1. The molecule has 0 radical (unpaired) electrons. The first kappa shape index (κ1) is 12.5. The van der Waals surface area contributed by atoms with Crippen molar-refractivity contribution in [1.29, 1.82) is 0 Å². The van der Waals surface area contributed by atoms with Crippen molar-refractivity contribution in [3.63, 3.8) is 0 Å². The lowest BCUT2D eigenvalue weighted by atomic mass is 9.64. The summed E-state index contributed by atoms with van der Waals surface area (Å²) in [6.45, 7) is 0.355. The minimum Gasteiger partial charge on any atom is -0.380 e. The SMILES string of the molecule is COCc1c(F)ccc(C2(CN)CCC2)c1F. The Hall–Kier alpha value is -1.00. The minimum atomic E-state index is -0.556. The average Bonchev–Trinajstić information content (AvgIpc) is 2.26. The maximum Gasteiger partial charge on any atom is 0.135 e. The maximum atomic E-state index is 14.2. The molecule has 2 rings (SSSR count). The van der Waals surface area contributed by atoms with Crippen molar-refractivity contribution >= 4 is 0 Å². The molecule has 0 heterocycles. The highest BCUT2D eigenvalue weighted by Gasteiger charge is 2.40. The van der Waals surface area contributed by atoms with E-state index in [1.54, 1.807) is 0 Å². The van der Waals surface area contributed by atoms with Gasteiger partial charge in [0.2, 0.25) is 0 Å². The van der Waals surface area contributed by atoms with Gasteiger partial charge in [-0.3, -0.25) is 0 Å².